The number of hydrogen-bond acceptors (Lipinski definition) is 10. The molecule has 11 heteroatoms. The van der Waals surface area contributed by atoms with E-state index in [0.717, 1.165) is 7.11 Å². The minimum atomic E-state index is -4.17. The molecule has 1 unspecified atom stereocenters. The van der Waals surface area contributed by atoms with Crippen molar-refractivity contribution in [1.29, 1.82) is 0 Å². The summed E-state index contributed by atoms with van der Waals surface area (Å²) in [6, 6.07) is 0. The van der Waals surface area contributed by atoms with Crippen LogP contribution < -0.4 is 4.89 Å². The third-order valence-corrected chi connectivity index (χ3v) is 3.37. The van der Waals surface area contributed by atoms with Gasteiger partial charge in [0, 0.05) is 7.11 Å². The molecule has 0 bridgehead atoms. The minimum absolute atomic E-state index is 0.0119. The Morgan fingerprint density at radius 1 is 0.708 bits per heavy atom. The van der Waals surface area contributed by atoms with E-state index in [4.69, 9.17) is 28.8 Å². The van der Waals surface area contributed by atoms with E-state index in [-0.39, 0.29) is 19.8 Å². The highest BCUT2D eigenvalue weighted by Crippen LogP contribution is 2.36. The summed E-state index contributed by atoms with van der Waals surface area (Å²) >= 11 is 0. The summed E-state index contributed by atoms with van der Waals surface area (Å²) in [6.45, 7) is 3.80. The Bertz CT molecular complexity index is 304. The molecule has 0 aromatic carbocycles. The molecule has 0 rings (SSSR count). The topological polar surface area (TPSA) is 125 Å². The lowest BCUT2D eigenvalue weighted by Gasteiger charge is -2.19. The first-order chi connectivity index (χ1) is 11.6. The van der Waals surface area contributed by atoms with E-state index >= 15 is 0 Å². The van der Waals surface area contributed by atoms with Crippen LogP contribution in [0.5, 0.6) is 0 Å². The second-order valence-electron chi connectivity index (χ2n) is 4.25. The van der Waals surface area contributed by atoms with Gasteiger partial charge in [-0.05, 0) is 0 Å². The summed E-state index contributed by atoms with van der Waals surface area (Å²) in [6.07, 6.45) is 0. The Balaban J connectivity index is 3.06. The molecule has 0 saturated carbocycles. The molecule has 146 valence electrons. The van der Waals surface area contributed by atoms with Crippen molar-refractivity contribution in [2.75, 3.05) is 86.4 Å². The van der Waals surface area contributed by atoms with Gasteiger partial charge in [0.1, 0.15) is 0 Å². The normalized spacial score (nSPS) is 14.0. The van der Waals surface area contributed by atoms with Crippen molar-refractivity contribution >= 4 is 7.82 Å². The molecule has 0 aliphatic rings. The maximum absolute atomic E-state index is 10.8. The Labute approximate surface area is 142 Å². The molecule has 0 amide bonds. The Kier molecular flexibility index (Phi) is 17.6. The lowest BCUT2D eigenvalue weighted by atomic mass is 10.7. The van der Waals surface area contributed by atoms with Crippen LogP contribution in [0, 0.1) is 0 Å². The summed E-state index contributed by atoms with van der Waals surface area (Å²) in [7, 11) is -3.14. The van der Waals surface area contributed by atoms with Crippen molar-refractivity contribution < 1.29 is 47.3 Å². The maximum atomic E-state index is 10.8. The molecule has 0 spiro atoms. The number of ether oxygens (including phenoxy) is 5. The molecule has 0 aromatic heterocycles. The zero-order valence-corrected chi connectivity index (χ0v) is 14.9. The molecule has 0 saturated heterocycles. The van der Waals surface area contributed by atoms with Gasteiger partial charge in [0.05, 0.1) is 79.3 Å². The molecule has 10 nitrogen and oxygen atoms in total. The molecule has 24 heavy (non-hydrogen) atoms. The third kappa shape index (κ3) is 18.2. The van der Waals surface area contributed by atoms with Crippen LogP contribution in [0.4, 0.5) is 0 Å². The van der Waals surface area contributed by atoms with Crippen LogP contribution in [-0.2, 0) is 37.3 Å². The van der Waals surface area contributed by atoms with Gasteiger partial charge in [-0.1, -0.05) is 0 Å². The average Bonchev–Trinajstić information content (AvgIpc) is 2.57. The number of rotatable bonds is 19. The lowest BCUT2D eigenvalue weighted by molar-refractivity contribution is -0.223. The number of aliphatic hydroxyl groups is 1. The smallest absolute Gasteiger partial charge is 0.267 e. The van der Waals surface area contributed by atoms with Crippen LogP contribution in [0.15, 0.2) is 0 Å². The number of phosphoric acid groups is 1. The van der Waals surface area contributed by atoms with Crippen LogP contribution in [0.1, 0.15) is 0 Å². The molecule has 0 aliphatic carbocycles. The van der Waals surface area contributed by atoms with E-state index in [1.165, 1.54) is 0 Å². The molecular formula is C13H28O10P-. The molecule has 0 fully saturated rings. The molecular weight excluding hydrogens is 347 g/mol. The quantitative estimate of drug-likeness (QED) is 0.226. The van der Waals surface area contributed by atoms with Crippen molar-refractivity contribution in [3.05, 3.63) is 0 Å². The SMILES string of the molecule is COP(=O)([O-])OCCOCCOCCOCCOCCOCCO. The lowest BCUT2D eigenvalue weighted by Crippen LogP contribution is -2.14. The van der Waals surface area contributed by atoms with Crippen LogP contribution in [0.2, 0.25) is 0 Å². The van der Waals surface area contributed by atoms with Gasteiger partial charge < -0.3 is 42.7 Å². The fourth-order valence-electron chi connectivity index (χ4n) is 1.31. The zero-order chi connectivity index (χ0) is 17.9. The summed E-state index contributed by atoms with van der Waals surface area (Å²) in [5, 5.41) is 8.48. The third-order valence-electron chi connectivity index (χ3n) is 2.42. The summed E-state index contributed by atoms with van der Waals surface area (Å²) in [5.74, 6) is 0. The molecule has 1 N–H and O–H groups in total. The largest absolute Gasteiger partial charge is 0.756 e. The molecule has 0 aliphatic heterocycles. The van der Waals surface area contributed by atoms with Gasteiger partial charge in [0.2, 0.25) is 0 Å². The summed E-state index contributed by atoms with van der Waals surface area (Å²) in [5.41, 5.74) is 0. The molecule has 0 aromatic rings. The maximum Gasteiger partial charge on any atom is 0.267 e. The molecule has 0 radical (unpaired) electrons. The molecule has 1 atom stereocenters. The standard InChI is InChI=1S/C13H29O10P/c1-17-24(15,16)23-13-12-22-11-10-21-9-8-20-7-6-19-5-4-18-3-2-14/h14H,2-13H2,1H3,(H,15,16)/p-1. The van der Waals surface area contributed by atoms with Crippen molar-refractivity contribution in [1.82, 2.24) is 0 Å². The van der Waals surface area contributed by atoms with Gasteiger partial charge in [0.15, 0.2) is 0 Å². The molecule has 0 heterocycles. The van der Waals surface area contributed by atoms with Crippen molar-refractivity contribution in [2.45, 2.75) is 0 Å². The highest BCUT2D eigenvalue weighted by molar-refractivity contribution is 7.45. The zero-order valence-electron chi connectivity index (χ0n) is 14.1. The van der Waals surface area contributed by atoms with Gasteiger partial charge >= 0.3 is 0 Å². The average molecular weight is 375 g/mol. The Hall–Kier alpha value is -0.130. The minimum Gasteiger partial charge on any atom is -0.756 e. The van der Waals surface area contributed by atoms with Crippen molar-refractivity contribution in [2.24, 2.45) is 0 Å². The van der Waals surface area contributed by atoms with Gasteiger partial charge in [-0.25, -0.2) is 0 Å². The van der Waals surface area contributed by atoms with E-state index in [0.29, 0.717) is 59.5 Å². The predicted molar refractivity (Wildman–Crippen MR) is 81.7 cm³/mol. The Morgan fingerprint density at radius 3 is 1.38 bits per heavy atom. The van der Waals surface area contributed by atoms with E-state index in [2.05, 4.69) is 9.05 Å². The van der Waals surface area contributed by atoms with Crippen molar-refractivity contribution in [3.8, 4) is 0 Å². The summed E-state index contributed by atoms with van der Waals surface area (Å²) < 4.78 is 45.3. The fraction of sp³-hybridized carbons (Fsp3) is 1.00. The summed E-state index contributed by atoms with van der Waals surface area (Å²) in [4.78, 5) is 10.8. The Morgan fingerprint density at radius 2 is 1.04 bits per heavy atom. The van der Waals surface area contributed by atoms with Crippen LogP contribution in [-0.4, -0.2) is 91.5 Å². The monoisotopic (exact) mass is 375 g/mol. The van der Waals surface area contributed by atoms with Gasteiger partial charge in [-0.15, -0.1) is 0 Å². The number of hydrogen-bond donors (Lipinski definition) is 1. The van der Waals surface area contributed by atoms with E-state index in [1.807, 2.05) is 0 Å². The van der Waals surface area contributed by atoms with Gasteiger partial charge in [-0.2, -0.15) is 0 Å². The first-order valence-corrected chi connectivity index (χ1v) is 9.09. The highest BCUT2D eigenvalue weighted by atomic mass is 31.2. The van der Waals surface area contributed by atoms with E-state index in [1.54, 1.807) is 0 Å². The van der Waals surface area contributed by atoms with Gasteiger partial charge in [-0.3, -0.25) is 4.57 Å². The van der Waals surface area contributed by atoms with Crippen LogP contribution in [0.3, 0.4) is 0 Å². The van der Waals surface area contributed by atoms with E-state index < -0.39 is 7.82 Å². The number of phosphoric ester groups is 1. The first kappa shape index (κ1) is 23.9. The highest BCUT2D eigenvalue weighted by Gasteiger charge is 2.04. The number of aliphatic hydroxyl groups excluding tert-OH is 1. The predicted octanol–water partition coefficient (Wildman–Crippen LogP) is -0.807. The van der Waals surface area contributed by atoms with Crippen molar-refractivity contribution in [3.63, 3.8) is 0 Å². The second kappa shape index (κ2) is 17.7. The fourth-order valence-corrected chi connectivity index (χ4v) is 1.71. The second-order valence-corrected chi connectivity index (χ2v) is 5.77. The van der Waals surface area contributed by atoms with Crippen LogP contribution in [0.25, 0.3) is 0 Å². The van der Waals surface area contributed by atoms with Gasteiger partial charge in [0.25, 0.3) is 7.82 Å². The van der Waals surface area contributed by atoms with Crippen LogP contribution >= 0.6 is 7.82 Å². The first-order valence-electron chi connectivity index (χ1n) is 7.63. The van der Waals surface area contributed by atoms with E-state index in [9.17, 15) is 9.46 Å².